The van der Waals surface area contributed by atoms with E-state index in [4.69, 9.17) is 10.2 Å². The van der Waals surface area contributed by atoms with E-state index in [2.05, 4.69) is 0 Å². The lowest BCUT2D eigenvalue weighted by Gasteiger charge is -2.31. The van der Waals surface area contributed by atoms with Crippen LogP contribution in [0.2, 0.25) is 0 Å². The molecule has 0 aliphatic rings. The molecule has 2 aromatic carbocycles. The van der Waals surface area contributed by atoms with Crippen molar-refractivity contribution in [3.63, 3.8) is 0 Å². The Morgan fingerprint density at radius 1 is 0.679 bits per heavy atom. The van der Waals surface area contributed by atoms with E-state index in [0.29, 0.717) is 12.8 Å². The van der Waals surface area contributed by atoms with Crippen molar-refractivity contribution in [1.82, 2.24) is 0 Å². The predicted octanol–water partition coefficient (Wildman–Crippen LogP) is 1.61. The molecule has 0 bridgehead atoms. The van der Waals surface area contributed by atoms with Crippen molar-refractivity contribution >= 4 is 5.78 Å². The molecule has 0 aliphatic heterocycles. The summed E-state index contributed by atoms with van der Waals surface area (Å²) in [5, 5.41) is 39.5. The van der Waals surface area contributed by atoms with Gasteiger partial charge < -0.3 is 20.4 Å². The summed E-state index contributed by atoms with van der Waals surface area (Å²) in [7, 11) is 0. The molecule has 28 heavy (non-hydrogen) atoms. The van der Waals surface area contributed by atoms with Gasteiger partial charge >= 0.3 is 0 Å². The van der Waals surface area contributed by atoms with Crippen LogP contribution in [-0.2, 0) is 30.5 Å². The fraction of sp³-hybridized carbons (Fsp3) is 0.435. The molecule has 0 fully saturated rings. The van der Waals surface area contributed by atoms with E-state index in [-0.39, 0.29) is 26.1 Å². The Morgan fingerprint density at radius 2 is 0.964 bits per heavy atom. The van der Waals surface area contributed by atoms with Crippen LogP contribution >= 0.6 is 0 Å². The van der Waals surface area contributed by atoms with Crippen LogP contribution in [0.1, 0.15) is 36.1 Å². The maximum absolute atomic E-state index is 12.9. The Morgan fingerprint density at radius 3 is 1.25 bits per heavy atom. The van der Waals surface area contributed by atoms with Crippen molar-refractivity contribution in [2.45, 2.75) is 50.7 Å². The molecule has 0 amide bonds. The minimum absolute atomic E-state index is 0.0688. The second-order valence-corrected chi connectivity index (χ2v) is 7.81. The van der Waals surface area contributed by atoms with Crippen molar-refractivity contribution in [2.75, 3.05) is 13.2 Å². The molecule has 2 unspecified atom stereocenters. The van der Waals surface area contributed by atoms with Gasteiger partial charge in [0.1, 0.15) is 11.2 Å². The first-order valence-corrected chi connectivity index (χ1v) is 9.55. The lowest BCUT2D eigenvalue weighted by Crippen LogP contribution is -2.52. The topological polar surface area (TPSA) is 98.0 Å². The molecule has 2 rings (SSSR count). The van der Waals surface area contributed by atoms with E-state index in [9.17, 15) is 15.0 Å². The molecule has 0 heterocycles. The summed E-state index contributed by atoms with van der Waals surface area (Å²) in [4.78, 5) is 12.9. The van der Waals surface area contributed by atoms with E-state index in [1.54, 1.807) is 0 Å². The molecule has 2 aromatic rings. The lowest BCUT2D eigenvalue weighted by atomic mass is 9.80. The highest BCUT2D eigenvalue weighted by Gasteiger charge is 2.42. The van der Waals surface area contributed by atoms with Gasteiger partial charge in [0.25, 0.3) is 0 Å². The van der Waals surface area contributed by atoms with Crippen LogP contribution in [0.4, 0.5) is 0 Å². The Labute approximate surface area is 166 Å². The third-order valence-corrected chi connectivity index (χ3v) is 4.92. The van der Waals surface area contributed by atoms with Gasteiger partial charge in [-0.15, -0.1) is 0 Å². The number of Topliss-reactive ketones (excluding diaryl/α,β-unsaturated/α-hetero) is 1. The molecule has 0 spiro atoms. The minimum Gasteiger partial charge on any atom is -0.396 e. The van der Waals surface area contributed by atoms with Gasteiger partial charge in [0.05, 0.1) is 0 Å². The van der Waals surface area contributed by atoms with Crippen LogP contribution in [0.3, 0.4) is 0 Å². The molecule has 0 radical (unpaired) electrons. The smallest absolute Gasteiger partial charge is 0.195 e. The molecule has 5 nitrogen and oxygen atoms in total. The third kappa shape index (κ3) is 5.97. The van der Waals surface area contributed by atoms with Crippen molar-refractivity contribution in [1.29, 1.82) is 0 Å². The van der Waals surface area contributed by atoms with Crippen LogP contribution in [0.5, 0.6) is 0 Å². The minimum atomic E-state index is -1.71. The standard InChI is InChI=1S/C23H30O5/c1-22(27,15-19-7-3-17(4-8-19)11-13-24)21(26)23(2,28)16-20-9-5-18(6-10-20)12-14-25/h3-10,24-25,27-28H,11-16H2,1-2H3. The molecule has 0 aromatic heterocycles. The first-order valence-electron chi connectivity index (χ1n) is 9.55. The number of hydrogen-bond donors (Lipinski definition) is 4. The van der Waals surface area contributed by atoms with E-state index < -0.39 is 17.0 Å². The van der Waals surface area contributed by atoms with Crippen LogP contribution < -0.4 is 0 Å². The van der Waals surface area contributed by atoms with E-state index >= 15 is 0 Å². The number of hydrogen-bond acceptors (Lipinski definition) is 5. The zero-order chi connectivity index (χ0) is 20.8. The van der Waals surface area contributed by atoms with E-state index in [1.807, 2.05) is 48.5 Å². The zero-order valence-corrected chi connectivity index (χ0v) is 16.6. The highest BCUT2D eigenvalue weighted by atomic mass is 16.3. The molecule has 152 valence electrons. The number of benzene rings is 2. The number of ketones is 1. The third-order valence-electron chi connectivity index (χ3n) is 4.92. The number of aliphatic hydroxyl groups excluding tert-OH is 2. The summed E-state index contributed by atoms with van der Waals surface area (Å²) in [6.07, 6.45) is 1.30. The van der Waals surface area contributed by atoms with Gasteiger partial charge in [-0.2, -0.15) is 0 Å². The number of carbonyl (C=O) groups excluding carboxylic acids is 1. The van der Waals surface area contributed by atoms with Crippen LogP contribution in [0.25, 0.3) is 0 Å². The summed E-state index contributed by atoms with van der Waals surface area (Å²) in [5.41, 5.74) is 0.105. The molecule has 0 saturated carbocycles. The van der Waals surface area contributed by atoms with Gasteiger partial charge in [-0.25, -0.2) is 0 Å². The molecule has 5 heteroatoms. The van der Waals surface area contributed by atoms with Gasteiger partial charge in [-0.1, -0.05) is 48.5 Å². The molecule has 2 atom stereocenters. The van der Waals surface area contributed by atoms with Crippen molar-refractivity contribution in [3.8, 4) is 0 Å². The highest BCUT2D eigenvalue weighted by molar-refractivity contribution is 5.94. The van der Waals surface area contributed by atoms with Crippen LogP contribution in [0.15, 0.2) is 48.5 Å². The van der Waals surface area contributed by atoms with Crippen molar-refractivity contribution < 1.29 is 25.2 Å². The van der Waals surface area contributed by atoms with Crippen LogP contribution in [0, 0.1) is 0 Å². The van der Waals surface area contributed by atoms with Gasteiger partial charge in [0, 0.05) is 26.1 Å². The molecule has 0 saturated heterocycles. The van der Waals surface area contributed by atoms with Crippen molar-refractivity contribution in [2.24, 2.45) is 0 Å². The summed E-state index contributed by atoms with van der Waals surface area (Å²) in [6, 6.07) is 14.7. The Kier molecular flexibility index (Phi) is 7.49. The van der Waals surface area contributed by atoms with Gasteiger partial charge in [-0.3, -0.25) is 4.79 Å². The quantitative estimate of drug-likeness (QED) is 0.497. The summed E-state index contributed by atoms with van der Waals surface area (Å²) in [5.74, 6) is -0.626. The summed E-state index contributed by atoms with van der Waals surface area (Å²) >= 11 is 0. The maximum atomic E-state index is 12.9. The highest BCUT2D eigenvalue weighted by Crippen LogP contribution is 2.24. The largest absolute Gasteiger partial charge is 0.396 e. The van der Waals surface area contributed by atoms with Gasteiger partial charge in [-0.05, 0) is 48.9 Å². The Balaban J connectivity index is 2.07. The average molecular weight is 386 g/mol. The van der Waals surface area contributed by atoms with E-state index in [0.717, 1.165) is 22.3 Å². The maximum Gasteiger partial charge on any atom is 0.195 e. The molecule has 4 N–H and O–H groups in total. The number of carbonyl (C=O) groups is 1. The van der Waals surface area contributed by atoms with Crippen LogP contribution in [-0.4, -0.2) is 50.6 Å². The first kappa shape index (κ1) is 22.2. The monoisotopic (exact) mass is 386 g/mol. The lowest BCUT2D eigenvalue weighted by molar-refractivity contribution is -0.153. The summed E-state index contributed by atoms with van der Waals surface area (Å²) in [6.45, 7) is 2.99. The zero-order valence-electron chi connectivity index (χ0n) is 16.6. The summed E-state index contributed by atoms with van der Waals surface area (Å²) < 4.78 is 0. The Hall–Kier alpha value is -2.05. The normalized spacial score (nSPS) is 15.6. The number of rotatable bonds is 10. The fourth-order valence-corrected chi connectivity index (χ4v) is 3.44. The van der Waals surface area contributed by atoms with Crippen molar-refractivity contribution in [3.05, 3.63) is 70.8 Å². The molecular formula is C23H30O5. The fourth-order valence-electron chi connectivity index (χ4n) is 3.44. The SMILES string of the molecule is CC(O)(Cc1ccc(CCO)cc1)C(=O)C(C)(O)Cc1ccc(CCO)cc1. The van der Waals surface area contributed by atoms with Gasteiger partial charge in [0.2, 0.25) is 0 Å². The van der Waals surface area contributed by atoms with E-state index in [1.165, 1.54) is 13.8 Å². The molecular weight excluding hydrogens is 356 g/mol. The molecule has 0 aliphatic carbocycles. The van der Waals surface area contributed by atoms with Gasteiger partial charge in [0.15, 0.2) is 5.78 Å². The first-order chi connectivity index (χ1) is 13.2. The predicted molar refractivity (Wildman–Crippen MR) is 108 cm³/mol. The average Bonchev–Trinajstić information content (AvgIpc) is 2.64. The second kappa shape index (κ2) is 9.43. The second-order valence-electron chi connectivity index (χ2n) is 7.81. The Bertz CT molecular complexity index is 695. The number of aliphatic hydroxyl groups is 4.